The topological polar surface area (TPSA) is 73.4 Å². The molecule has 3 aromatic rings. The predicted molar refractivity (Wildman–Crippen MR) is 97.1 cm³/mol. The second kappa shape index (κ2) is 5.52. The predicted octanol–water partition coefficient (Wildman–Crippen LogP) is 4.47. The molecule has 0 atom stereocenters. The van der Waals surface area contributed by atoms with Gasteiger partial charge in [-0.05, 0) is 37.1 Å². The Balaban J connectivity index is 2.13. The summed E-state index contributed by atoms with van der Waals surface area (Å²) in [6.45, 7) is 1.85. The van der Waals surface area contributed by atoms with Crippen LogP contribution in [-0.4, -0.2) is 31.0 Å². The summed E-state index contributed by atoms with van der Waals surface area (Å²) in [6.07, 6.45) is 2.21. The van der Waals surface area contributed by atoms with Crippen LogP contribution in [0.3, 0.4) is 0 Å². The molecular formula is C16H14Cl2N2O3S. The SMILES string of the molecule is O=S(=O)(O)c1cc(Cl)cc2c1[nH]c1c(N3CCCC3)cc(Cl)cc12. The van der Waals surface area contributed by atoms with Gasteiger partial charge in [0, 0.05) is 33.9 Å². The van der Waals surface area contributed by atoms with E-state index >= 15 is 0 Å². The van der Waals surface area contributed by atoms with Crippen LogP contribution in [0.4, 0.5) is 5.69 Å². The Bertz CT molecular complexity index is 1070. The van der Waals surface area contributed by atoms with Crippen LogP contribution in [0.5, 0.6) is 0 Å². The van der Waals surface area contributed by atoms with Gasteiger partial charge in [0.1, 0.15) is 4.90 Å². The number of aromatic amines is 1. The summed E-state index contributed by atoms with van der Waals surface area (Å²) < 4.78 is 33.0. The molecule has 8 heteroatoms. The number of H-pyrrole nitrogens is 1. The zero-order chi connectivity index (χ0) is 17.1. The molecule has 1 aliphatic rings. The number of aromatic nitrogens is 1. The minimum Gasteiger partial charge on any atom is -0.370 e. The van der Waals surface area contributed by atoms with E-state index in [1.54, 1.807) is 12.1 Å². The zero-order valence-electron chi connectivity index (χ0n) is 12.5. The van der Waals surface area contributed by atoms with Crippen molar-refractivity contribution in [2.24, 2.45) is 0 Å². The molecule has 2 heterocycles. The van der Waals surface area contributed by atoms with Gasteiger partial charge in [0.25, 0.3) is 10.1 Å². The van der Waals surface area contributed by atoms with Crippen LogP contribution < -0.4 is 4.90 Å². The van der Waals surface area contributed by atoms with Crippen LogP contribution in [0.2, 0.25) is 10.0 Å². The molecule has 0 radical (unpaired) electrons. The third-order valence-electron chi connectivity index (χ3n) is 4.41. The zero-order valence-corrected chi connectivity index (χ0v) is 14.8. The molecule has 24 heavy (non-hydrogen) atoms. The fraction of sp³-hybridized carbons (Fsp3) is 0.250. The number of hydrogen-bond acceptors (Lipinski definition) is 3. The summed E-state index contributed by atoms with van der Waals surface area (Å²) in [7, 11) is -4.40. The second-order valence-corrected chi connectivity index (χ2v) is 8.23. The van der Waals surface area contributed by atoms with Crippen LogP contribution in [0, 0.1) is 0 Å². The molecule has 1 aromatic heterocycles. The number of fused-ring (bicyclic) bond motifs is 3. The molecule has 5 nitrogen and oxygen atoms in total. The highest BCUT2D eigenvalue weighted by Gasteiger charge is 2.22. The van der Waals surface area contributed by atoms with E-state index in [0.717, 1.165) is 42.5 Å². The normalized spacial score (nSPS) is 15.7. The standard InChI is InChI=1S/C16H14Cl2N2O3S/c17-9-5-11-12-6-10(18)8-14(24(21,22)23)16(12)19-15(11)13(7-9)20-3-1-2-4-20/h5-8,19H,1-4H2,(H,21,22,23). The van der Waals surface area contributed by atoms with Crippen LogP contribution >= 0.6 is 23.2 Å². The van der Waals surface area contributed by atoms with Crippen molar-refractivity contribution >= 4 is 60.8 Å². The van der Waals surface area contributed by atoms with Crippen molar-refractivity contribution < 1.29 is 13.0 Å². The molecule has 1 aliphatic heterocycles. The lowest BCUT2D eigenvalue weighted by Gasteiger charge is -2.18. The van der Waals surface area contributed by atoms with Crippen LogP contribution in [-0.2, 0) is 10.1 Å². The van der Waals surface area contributed by atoms with Crippen molar-refractivity contribution in [1.29, 1.82) is 0 Å². The Morgan fingerprint density at radius 1 is 0.958 bits per heavy atom. The number of anilines is 1. The summed E-state index contributed by atoms with van der Waals surface area (Å²) in [6, 6.07) is 6.57. The lowest BCUT2D eigenvalue weighted by atomic mass is 10.1. The van der Waals surface area contributed by atoms with Gasteiger partial charge in [-0.1, -0.05) is 23.2 Å². The van der Waals surface area contributed by atoms with Gasteiger partial charge in [-0.3, -0.25) is 4.55 Å². The molecule has 0 spiro atoms. The lowest BCUT2D eigenvalue weighted by Crippen LogP contribution is -2.17. The Labute approximate surface area is 148 Å². The maximum atomic E-state index is 11.7. The highest BCUT2D eigenvalue weighted by molar-refractivity contribution is 7.86. The van der Waals surface area contributed by atoms with Gasteiger partial charge in [0.15, 0.2) is 0 Å². The molecule has 126 valence electrons. The number of rotatable bonds is 2. The average Bonchev–Trinajstić information content (AvgIpc) is 3.12. The summed E-state index contributed by atoms with van der Waals surface area (Å²) in [5.41, 5.74) is 2.06. The fourth-order valence-electron chi connectivity index (χ4n) is 3.40. The molecule has 2 aromatic carbocycles. The van der Waals surface area contributed by atoms with E-state index in [1.165, 1.54) is 6.07 Å². The van der Waals surface area contributed by atoms with Gasteiger partial charge < -0.3 is 9.88 Å². The van der Waals surface area contributed by atoms with Crippen LogP contribution in [0.25, 0.3) is 21.8 Å². The van der Waals surface area contributed by atoms with E-state index in [9.17, 15) is 13.0 Å². The minimum atomic E-state index is -4.40. The van der Waals surface area contributed by atoms with E-state index in [0.29, 0.717) is 15.9 Å². The number of nitrogens with zero attached hydrogens (tertiary/aromatic N) is 1. The molecule has 1 saturated heterocycles. The summed E-state index contributed by atoms with van der Waals surface area (Å²) in [4.78, 5) is 5.14. The van der Waals surface area contributed by atoms with E-state index < -0.39 is 10.1 Å². The molecule has 0 saturated carbocycles. The number of benzene rings is 2. The molecule has 4 rings (SSSR count). The average molecular weight is 385 g/mol. The van der Waals surface area contributed by atoms with Crippen LogP contribution in [0.1, 0.15) is 12.8 Å². The molecule has 0 bridgehead atoms. The van der Waals surface area contributed by atoms with Crippen molar-refractivity contribution in [2.75, 3.05) is 18.0 Å². The van der Waals surface area contributed by atoms with E-state index in [-0.39, 0.29) is 9.92 Å². The molecule has 1 fully saturated rings. The van der Waals surface area contributed by atoms with E-state index in [1.807, 2.05) is 6.07 Å². The molecule has 0 amide bonds. The molecule has 0 aliphatic carbocycles. The minimum absolute atomic E-state index is 0.232. The first-order valence-corrected chi connectivity index (χ1v) is 9.71. The number of nitrogens with one attached hydrogen (secondary N) is 1. The first-order valence-electron chi connectivity index (χ1n) is 7.51. The Hall–Kier alpha value is -1.47. The summed E-state index contributed by atoms with van der Waals surface area (Å²) in [5.74, 6) is 0. The number of hydrogen-bond donors (Lipinski definition) is 2. The first-order chi connectivity index (χ1) is 11.3. The third-order valence-corrected chi connectivity index (χ3v) is 5.73. The molecular weight excluding hydrogens is 371 g/mol. The highest BCUT2D eigenvalue weighted by atomic mass is 35.5. The molecule has 0 unspecified atom stereocenters. The smallest absolute Gasteiger partial charge is 0.296 e. The van der Waals surface area contributed by atoms with Crippen LogP contribution in [0.15, 0.2) is 29.2 Å². The largest absolute Gasteiger partial charge is 0.370 e. The van der Waals surface area contributed by atoms with E-state index in [4.69, 9.17) is 23.2 Å². The second-order valence-electron chi connectivity index (χ2n) is 5.97. The number of halogens is 2. The van der Waals surface area contributed by atoms with Gasteiger partial charge >= 0.3 is 0 Å². The summed E-state index contributed by atoms with van der Waals surface area (Å²) >= 11 is 12.3. The van der Waals surface area contributed by atoms with Crippen molar-refractivity contribution in [2.45, 2.75) is 17.7 Å². The van der Waals surface area contributed by atoms with Gasteiger partial charge in [-0.2, -0.15) is 8.42 Å². The van der Waals surface area contributed by atoms with Gasteiger partial charge in [-0.25, -0.2) is 0 Å². The molecule has 2 N–H and O–H groups in total. The van der Waals surface area contributed by atoms with Gasteiger partial charge in [-0.15, -0.1) is 0 Å². The highest BCUT2D eigenvalue weighted by Crippen LogP contribution is 2.39. The fourth-order valence-corrected chi connectivity index (χ4v) is 4.59. The lowest BCUT2D eigenvalue weighted by molar-refractivity contribution is 0.484. The monoisotopic (exact) mass is 384 g/mol. The van der Waals surface area contributed by atoms with Crippen molar-refractivity contribution in [3.63, 3.8) is 0 Å². The quantitative estimate of drug-likeness (QED) is 0.639. The van der Waals surface area contributed by atoms with Gasteiger partial charge in [0.2, 0.25) is 0 Å². The van der Waals surface area contributed by atoms with Gasteiger partial charge in [0.05, 0.1) is 16.7 Å². The Morgan fingerprint density at radius 3 is 2.17 bits per heavy atom. The Kier molecular flexibility index (Phi) is 3.69. The van der Waals surface area contributed by atoms with Crippen molar-refractivity contribution in [3.8, 4) is 0 Å². The Morgan fingerprint density at radius 2 is 1.54 bits per heavy atom. The van der Waals surface area contributed by atoms with Crippen molar-refractivity contribution in [1.82, 2.24) is 4.98 Å². The third kappa shape index (κ3) is 2.54. The summed E-state index contributed by atoms with van der Waals surface area (Å²) in [5, 5.41) is 2.21. The van der Waals surface area contributed by atoms with Crippen molar-refractivity contribution in [3.05, 3.63) is 34.3 Å². The van der Waals surface area contributed by atoms with E-state index in [2.05, 4.69) is 9.88 Å². The maximum Gasteiger partial charge on any atom is 0.296 e. The first kappa shape index (κ1) is 16.0. The maximum absolute atomic E-state index is 11.7.